The Kier molecular flexibility index (Phi) is 10.9. The fourth-order valence-electron chi connectivity index (χ4n) is 6.17. The van der Waals surface area contributed by atoms with Crippen molar-refractivity contribution in [3.8, 4) is 0 Å². The minimum atomic E-state index is -4.45. The monoisotopic (exact) mass is 640 g/mol. The van der Waals surface area contributed by atoms with Crippen molar-refractivity contribution in [1.29, 1.82) is 0 Å². The highest BCUT2D eigenvalue weighted by Crippen LogP contribution is 2.47. The number of nitrogens with zero attached hydrogens (tertiary/aromatic N) is 5. The lowest BCUT2D eigenvalue weighted by atomic mass is 9.65. The molecule has 0 bridgehead atoms. The first-order valence-corrected chi connectivity index (χ1v) is 15.7. The van der Waals surface area contributed by atoms with E-state index in [-0.39, 0.29) is 36.4 Å². The van der Waals surface area contributed by atoms with E-state index in [1.165, 1.54) is 0 Å². The average molecular weight is 641 g/mol. The third-order valence-electron chi connectivity index (χ3n) is 7.92. The van der Waals surface area contributed by atoms with Crippen LogP contribution >= 0.6 is 23.6 Å². The number of hydrazine groups is 1. The summed E-state index contributed by atoms with van der Waals surface area (Å²) in [5.74, 6) is -2.66. The molecular formula is C21H33ClN8O9S2. The molecule has 41 heavy (non-hydrogen) atoms. The Labute approximate surface area is 245 Å². The third kappa shape index (κ3) is 7.90. The van der Waals surface area contributed by atoms with Gasteiger partial charge in [-0.15, -0.1) is 4.33 Å². The van der Waals surface area contributed by atoms with E-state index >= 15 is 0 Å². The second-order valence-corrected chi connectivity index (χ2v) is 13.3. The smallest absolute Gasteiger partial charge is 0.308 e. The number of hydrogen-bond donors (Lipinski definition) is 7. The average Bonchev–Trinajstić information content (AvgIpc) is 2.90. The number of aliphatic carboxylic acids is 1. The van der Waals surface area contributed by atoms with Gasteiger partial charge >= 0.3 is 5.97 Å². The maximum Gasteiger partial charge on any atom is 0.308 e. The molecule has 1 aromatic heterocycles. The standard InChI is InChI=1S/C21H33ClN8O9S2/c1-23-30-21-26-19(22)25-20(27-21)24-13-8-10(41(35,36)37)6-9-7-14(40-39-38-34)16(17(31)15(9)13)29-28-12-5-3-2-4-11(12)18(32)33/h9-17,23,31,34H,2-8H2,1H3,(H,32,33)(H,35,36,37)(H2,24,25,26,27,30). The number of carboxylic acids is 1. The molecule has 3 aliphatic carbocycles. The fraction of sp³-hybridized carbons (Fsp3) is 0.810. The SMILES string of the molecule is CNNc1nc(Cl)nc(NC2CC(S(=O)(=O)O)CC3CC(SOOO)C(N=NC4CCCCC4C(=O)O)C(O)C32)n1. The van der Waals surface area contributed by atoms with Gasteiger partial charge in [0.1, 0.15) is 6.04 Å². The van der Waals surface area contributed by atoms with Crippen LogP contribution in [0.15, 0.2) is 10.2 Å². The maximum absolute atomic E-state index is 12.2. The Bertz CT molecular complexity index is 1200. The van der Waals surface area contributed by atoms with Crippen LogP contribution in [0.4, 0.5) is 11.9 Å². The number of anilines is 2. The second-order valence-electron chi connectivity index (χ2n) is 10.3. The van der Waals surface area contributed by atoms with Gasteiger partial charge in [-0.2, -0.15) is 33.6 Å². The van der Waals surface area contributed by atoms with Crippen LogP contribution in [0.25, 0.3) is 0 Å². The van der Waals surface area contributed by atoms with E-state index in [1.54, 1.807) is 7.05 Å². The summed E-state index contributed by atoms with van der Waals surface area (Å²) in [5, 5.41) is 43.7. The van der Waals surface area contributed by atoms with Crippen molar-refractivity contribution in [2.75, 3.05) is 17.8 Å². The van der Waals surface area contributed by atoms with Gasteiger partial charge in [0.2, 0.25) is 17.2 Å². The lowest BCUT2D eigenvalue weighted by Gasteiger charge is -2.49. The summed E-state index contributed by atoms with van der Waals surface area (Å²) in [6.07, 6.45) is 1.54. The predicted octanol–water partition coefficient (Wildman–Crippen LogP) is 1.80. The van der Waals surface area contributed by atoms with E-state index in [0.717, 1.165) is 12.8 Å². The number of hydrogen-bond acceptors (Lipinski definition) is 16. The van der Waals surface area contributed by atoms with Gasteiger partial charge in [0.25, 0.3) is 10.1 Å². The lowest BCUT2D eigenvalue weighted by molar-refractivity contribution is -0.432. The molecule has 3 saturated carbocycles. The summed E-state index contributed by atoms with van der Waals surface area (Å²) in [6, 6.07) is -2.26. The third-order valence-corrected chi connectivity index (χ3v) is 10.2. The number of nitrogens with one attached hydrogen (secondary N) is 3. The van der Waals surface area contributed by atoms with Crippen molar-refractivity contribution in [2.24, 2.45) is 28.0 Å². The van der Waals surface area contributed by atoms with Gasteiger partial charge in [0.15, 0.2) is 0 Å². The van der Waals surface area contributed by atoms with Crippen LogP contribution in [0.2, 0.25) is 5.28 Å². The van der Waals surface area contributed by atoms with Gasteiger partial charge in [-0.05, 0) is 49.6 Å². The van der Waals surface area contributed by atoms with E-state index in [2.05, 4.69) is 50.7 Å². The molecule has 0 aliphatic heterocycles. The molecule has 4 rings (SSSR count). The number of aliphatic hydroxyl groups is 1. The molecule has 0 amide bonds. The molecule has 3 aliphatic rings. The number of aromatic nitrogens is 3. The van der Waals surface area contributed by atoms with Gasteiger partial charge in [0, 0.05) is 31.1 Å². The first kappa shape index (κ1) is 32.0. The number of carbonyl (C=O) groups is 1. The highest BCUT2D eigenvalue weighted by Gasteiger charge is 2.53. The molecule has 3 fully saturated rings. The second kappa shape index (κ2) is 14.0. The molecule has 1 aromatic rings. The van der Waals surface area contributed by atoms with E-state index in [0.29, 0.717) is 24.9 Å². The van der Waals surface area contributed by atoms with Crippen LogP contribution in [-0.2, 0) is 24.3 Å². The van der Waals surface area contributed by atoms with Crippen molar-refractivity contribution in [1.82, 2.24) is 20.4 Å². The highest BCUT2D eigenvalue weighted by atomic mass is 35.5. The molecule has 17 nitrogen and oxygen atoms in total. The largest absolute Gasteiger partial charge is 0.481 e. The number of aliphatic hydroxyl groups excluding tert-OH is 1. The first-order valence-electron chi connectivity index (χ1n) is 13.0. The summed E-state index contributed by atoms with van der Waals surface area (Å²) in [4.78, 5) is 24.0. The lowest BCUT2D eigenvalue weighted by Crippen LogP contribution is -2.58. The van der Waals surface area contributed by atoms with Crippen molar-refractivity contribution >= 4 is 51.6 Å². The van der Waals surface area contributed by atoms with Gasteiger partial charge in [0.05, 0.1) is 28.6 Å². The molecule has 230 valence electrons. The van der Waals surface area contributed by atoms with Crippen molar-refractivity contribution < 1.29 is 42.6 Å². The van der Waals surface area contributed by atoms with Gasteiger partial charge in [-0.25, -0.2) is 10.7 Å². The van der Waals surface area contributed by atoms with Crippen molar-refractivity contribution in [3.05, 3.63) is 5.28 Å². The van der Waals surface area contributed by atoms with Crippen LogP contribution in [0.1, 0.15) is 44.9 Å². The summed E-state index contributed by atoms with van der Waals surface area (Å²) >= 11 is 6.72. The van der Waals surface area contributed by atoms with Gasteiger partial charge in [-0.1, -0.05) is 17.9 Å². The minimum absolute atomic E-state index is 0.00730. The zero-order valence-electron chi connectivity index (χ0n) is 21.9. The zero-order valence-corrected chi connectivity index (χ0v) is 24.3. The molecule has 0 saturated heterocycles. The minimum Gasteiger partial charge on any atom is -0.481 e. The normalized spacial score (nSPS) is 34.2. The number of azo groups is 1. The zero-order chi connectivity index (χ0) is 29.7. The molecule has 0 spiro atoms. The highest BCUT2D eigenvalue weighted by molar-refractivity contribution is 7.95. The summed E-state index contributed by atoms with van der Waals surface area (Å²) < 4.78 is 39.1. The van der Waals surface area contributed by atoms with Crippen LogP contribution in [0.3, 0.4) is 0 Å². The first-order chi connectivity index (χ1) is 19.5. The molecule has 9 unspecified atom stereocenters. The molecule has 9 atom stereocenters. The Balaban J connectivity index is 1.66. The van der Waals surface area contributed by atoms with Gasteiger partial charge in [-0.3, -0.25) is 14.8 Å². The van der Waals surface area contributed by atoms with Crippen molar-refractivity contribution in [3.63, 3.8) is 0 Å². The number of rotatable bonds is 11. The number of fused-ring (bicyclic) bond motifs is 1. The number of carboxylic acid groups (broad SMARTS) is 1. The molecule has 0 radical (unpaired) electrons. The Morgan fingerprint density at radius 3 is 2.54 bits per heavy atom. The molecule has 20 heteroatoms. The topological polar surface area (TPSA) is 250 Å². The summed E-state index contributed by atoms with van der Waals surface area (Å²) in [5.41, 5.74) is 5.33. The Morgan fingerprint density at radius 1 is 1.12 bits per heavy atom. The van der Waals surface area contributed by atoms with E-state index in [9.17, 15) is 28.0 Å². The maximum atomic E-state index is 12.2. The molecular weight excluding hydrogens is 608 g/mol. The Morgan fingerprint density at radius 2 is 1.85 bits per heavy atom. The van der Waals surface area contributed by atoms with Crippen LogP contribution in [-0.4, -0.2) is 91.1 Å². The molecule has 0 aromatic carbocycles. The van der Waals surface area contributed by atoms with Crippen LogP contribution in [0.5, 0.6) is 0 Å². The van der Waals surface area contributed by atoms with E-state index in [1.807, 2.05) is 0 Å². The van der Waals surface area contributed by atoms with Crippen LogP contribution < -0.4 is 16.2 Å². The molecule has 7 N–H and O–H groups in total. The van der Waals surface area contributed by atoms with Crippen LogP contribution in [0, 0.1) is 17.8 Å². The quantitative estimate of drug-likeness (QED) is 0.0598. The summed E-state index contributed by atoms with van der Waals surface area (Å²) in [7, 11) is -2.87. The molecule has 1 heterocycles. The summed E-state index contributed by atoms with van der Waals surface area (Å²) in [6.45, 7) is 0. The van der Waals surface area contributed by atoms with Crippen molar-refractivity contribution in [2.45, 2.75) is 79.7 Å². The predicted molar refractivity (Wildman–Crippen MR) is 145 cm³/mol. The number of halogens is 1. The van der Waals surface area contributed by atoms with E-state index < -0.39 is 68.6 Å². The fourth-order valence-corrected chi connectivity index (χ4v) is 8.06. The van der Waals surface area contributed by atoms with Gasteiger partial charge < -0.3 is 15.5 Å². The van der Waals surface area contributed by atoms with E-state index in [4.69, 9.17) is 16.9 Å². The Hall–Kier alpha value is -1.97.